The highest BCUT2D eigenvalue weighted by Crippen LogP contribution is 2.27. The van der Waals surface area contributed by atoms with E-state index in [0.717, 1.165) is 17.7 Å². The molecule has 28 heavy (non-hydrogen) atoms. The molecule has 2 aromatic carbocycles. The second-order valence-corrected chi connectivity index (χ2v) is 6.96. The van der Waals surface area contributed by atoms with E-state index >= 15 is 0 Å². The Balaban J connectivity index is 2.02. The minimum absolute atomic E-state index is 0.0388. The lowest BCUT2D eigenvalue weighted by molar-refractivity contribution is -0.384. The number of carbonyl (C=O) groups is 1. The maximum absolute atomic E-state index is 12.1. The molecule has 0 fully saturated rings. The molecule has 0 bridgehead atoms. The summed E-state index contributed by atoms with van der Waals surface area (Å²) in [6, 6.07) is 12.1. The number of halogens is 1. The van der Waals surface area contributed by atoms with Crippen molar-refractivity contribution in [2.24, 2.45) is 0 Å². The van der Waals surface area contributed by atoms with Crippen LogP contribution in [0.5, 0.6) is 0 Å². The fraction of sp³-hybridized carbons (Fsp3) is 0.200. The summed E-state index contributed by atoms with van der Waals surface area (Å²) < 4.78 is 0. The standard InChI is InChI=1S/C20H20ClN3O3S/c1-3-13(2)15-6-4-5-7-17(15)22-20(28)23-19(25)11-9-14-8-10-16(21)18(12-14)24(26)27/h4-13H,3H2,1-2H3,(H2,22,23,25,28). The van der Waals surface area contributed by atoms with E-state index in [2.05, 4.69) is 24.5 Å². The Morgan fingerprint density at radius 1 is 1.32 bits per heavy atom. The third-order valence-electron chi connectivity index (χ3n) is 4.18. The zero-order valence-corrected chi connectivity index (χ0v) is 17.0. The van der Waals surface area contributed by atoms with Crippen LogP contribution in [0.1, 0.15) is 37.3 Å². The summed E-state index contributed by atoms with van der Waals surface area (Å²) in [5.74, 6) is -0.0982. The van der Waals surface area contributed by atoms with Crippen molar-refractivity contribution in [3.63, 3.8) is 0 Å². The van der Waals surface area contributed by atoms with Crippen molar-refractivity contribution in [1.29, 1.82) is 0 Å². The van der Waals surface area contributed by atoms with Gasteiger partial charge in [-0.25, -0.2) is 0 Å². The second-order valence-electron chi connectivity index (χ2n) is 6.14. The highest BCUT2D eigenvalue weighted by molar-refractivity contribution is 7.80. The second kappa shape index (κ2) is 9.96. The maximum Gasteiger partial charge on any atom is 0.288 e. The van der Waals surface area contributed by atoms with Gasteiger partial charge < -0.3 is 5.32 Å². The lowest BCUT2D eigenvalue weighted by Crippen LogP contribution is -2.33. The number of carbonyl (C=O) groups excluding carboxylic acids is 1. The minimum atomic E-state index is -0.576. The molecule has 2 rings (SSSR count). The molecule has 0 aliphatic carbocycles. The van der Waals surface area contributed by atoms with Crippen molar-refractivity contribution < 1.29 is 9.72 Å². The first-order valence-electron chi connectivity index (χ1n) is 8.64. The normalized spacial score (nSPS) is 11.8. The lowest BCUT2D eigenvalue weighted by Gasteiger charge is -2.16. The summed E-state index contributed by atoms with van der Waals surface area (Å²) in [6.07, 6.45) is 3.68. The number of nitro groups is 1. The third kappa shape index (κ3) is 5.87. The van der Waals surface area contributed by atoms with Gasteiger partial charge in [-0.05, 0) is 53.9 Å². The van der Waals surface area contributed by atoms with E-state index in [0.29, 0.717) is 11.5 Å². The predicted molar refractivity (Wildman–Crippen MR) is 117 cm³/mol. The van der Waals surface area contributed by atoms with Gasteiger partial charge in [0.1, 0.15) is 5.02 Å². The van der Waals surface area contributed by atoms with Crippen LogP contribution in [-0.2, 0) is 4.79 Å². The molecule has 6 nitrogen and oxygen atoms in total. The van der Waals surface area contributed by atoms with E-state index in [1.165, 1.54) is 24.3 Å². The molecule has 1 unspecified atom stereocenters. The van der Waals surface area contributed by atoms with Crippen molar-refractivity contribution in [1.82, 2.24) is 5.32 Å². The number of nitrogens with one attached hydrogen (secondary N) is 2. The Hall–Kier alpha value is -2.77. The summed E-state index contributed by atoms with van der Waals surface area (Å²) in [7, 11) is 0. The van der Waals surface area contributed by atoms with Gasteiger partial charge in [0.05, 0.1) is 4.92 Å². The van der Waals surface area contributed by atoms with E-state index in [1.54, 1.807) is 6.07 Å². The lowest BCUT2D eigenvalue weighted by atomic mass is 9.97. The summed E-state index contributed by atoms with van der Waals surface area (Å²) in [5, 5.41) is 16.7. The predicted octanol–water partition coefficient (Wildman–Crippen LogP) is 5.29. The molecule has 0 aromatic heterocycles. The number of anilines is 1. The monoisotopic (exact) mass is 417 g/mol. The molecule has 0 aliphatic rings. The number of amides is 1. The first kappa shape index (κ1) is 21.5. The molecule has 1 atom stereocenters. The molecule has 0 spiro atoms. The summed E-state index contributed by atoms with van der Waals surface area (Å²) in [4.78, 5) is 22.4. The van der Waals surface area contributed by atoms with Gasteiger partial charge in [-0.15, -0.1) is 0 Å². The molecule has 2 aromatic rings. The first-order valence-corrected chi connectivity index (χ1v) is 9.43. The van der Waals surface area contributed by atoms with Crippen LogP contribution in [0, 0.1) is 10.1 Å². The van der Waals surface area contributed by atoms with Crippen molar-refractivity contribution in [3.05, 3.63) is 74.8 Å². The number of benzene rings is 2. The number of rotatable bonds is 6. The molecule has 8 heteroatoms. The van der Waals surface area contributed by atoms with E-state index in [1.807, 2.05) is 24.3 Å². The highest BCUT2D eigenvalue weighted by atomic mass is 35.5. The smallest absolute Gasteiger partial charge is 0.288 e. The van der Waals surface area contributed by atoms with Crippen LogP contribution in [0.4, 0.5) is 11.4 Å². The summed E-state index contributed by atoms with van der Waals surface area (Å²) in [6.45, 7) is 4.23. The van der Waals surface area contributed by atoms with Crippen molar-refractivity contribution in [3.8, 4) is 0 Å². The fourth-order valence-electron chi connectivity index (χ4n) is 2.51. The van der Waals surface area contributed by atoms with Crippen LogP contribution in [0.25, 0.3) is 6.08 Å². The maximum atomic E-state index is 12.1. The zero-order chi connectivity index (χ0) is 20.7. The molecule has 2 N–H and O–H groups in total. The van der Waals surface area contributed by atoms with Crippen molar-refractivity contribution in [2.45, 2.75) is 26.2 Å². The van der Waals surface area contributed by atoms with Gasteiger partial charge in [0.2, 0.25) is 5.91 Å². The number of hydrogen-bond donors (Lipinski definition) is 2. The van der Waals surface area contributed by atoms with E-state index < -0.39 is 10.8 Å². The van der Waals surface area contributed by atoms with E-state index in [-0.39, 0.29) is 15.8 Å². The molecule has 0 saturated carbocycles. The van der Waals surface area contributed by atoms with Gasteiger partial charge >= 0.3 is 0 Å². The van der Waals surface area contributed by atoms with Gasteiger partial charge in [-0.1, -0.05) is 49.7 Å². The van der Waals surface area contributed by atoms with E-state index in [4.69, 9.17) is 23.8 Å². The van der Waals surface area contributed by atoms with Crippen molar-refractivity contribution in [2.75, 3.05) is 5.32 Å². The van der Waals surface area contributed by atoms with Crippen LogP contribution >= 0.6 is 23.8 Å². The Labute approximate surface area is 173 Å². The first-order chi connectivity index (χ1) is 13.3. The molecule has 1 amide bonds. The Morgan fingerprint density at radius 2 is 2.04 bits per heavy atom. The number of nitrogens with zero attached hydrogens (tertiary/aromatic N) is 1. The largest absolute Gasteiger partial charge is 0.332 e. The SMILES string of the molecule is CCC(C)c1ccccc1NC(=S)NC(=O)C=Cc1ccc(Cl)c([N+](=O)[O-])c1. The Bertz CT molecular complexity index is 931. The Kier molecular flexibility index (Phi) is 7.66. The number of para-hydroxylation sites is 1. The average Bonchev–Trinajstić information content (AvgIpc) is 2.66. The molecule has 0 radical (unpaired) electrons. The summed E-state index contributed by atoms with van der Waals surface area (Å²) in [5.41, 5.74) is 2.22. The quantitative estimate of drug-likeness (QED) is 0.289. The van der Waals surface area contributed by atoms with Crippen LogP contribution in [0.15, 0.2) is 48.5 Å². The van der Waals surface area contributed by atoms with Crippen LogP contribution in [0.3, 0.4) is 0 Å². The number of thiocarbonyl (C=S) groups is 1. The summed E-state index contributed by atoms with van der Waals surface area (Å²) >= 11 is 11.0. The molecule has 0 saturated heterocycles. The highest BCUT2D eigenvalue weighted by Gasteiger charge is 2.12. The van der Waals surface area contributed by atoms with Crippen LogP contribution in [0.2, 0.25) is 5.02 Å². The van der Waals surface area contributed by atoms with Gasteiger partial charge in [-0.3, -0.25) is 20.2 Å². The molecular weight excluding hydrogens is 398 g/mol. The van der Waals surface area contributed by atoms with Gasteiger partial charge in [-0.2, -0.15) is 0 Å². The van der Waals surface area contributed by atoms with Crippen molar-refractivity contribution >= 4 is 52.3 Å². The van der Waals surface area contributed by atoms with Crippen LogP contribution in [-0.4, -0.2) is 15.9 Å². The fourth-order valence-corrected chi connectivity index (χ4v) is 2.91. The average molecular weight is 418 g/mol. The number of hydrogen-bond acceptors (Lipinski definition) is 4. The van der Waals surface area contributed by atoms with Gasteiger partial charge in [0.25, 0.3) is 5.69 Å². The molecular formula is C20H20ClN3O3S. The molecule has 0 aliphatic heterocycles. The number of nitro benzene ring substituents is 1. The molecule has 0 heterocycles. The van der Waals surface area contributed by atoms with Gasteiger partial charge in [0, 0.05) is 17.8 Å². The Morgan fingerprint density at radius 3 is 2.71 bits per heavy atom. The zero-order valence-electron chi connectivity index (χ0n) is 15.4. The van der Waals surface area contributed by atoms with E-state index in [9.17, 15) is 14.9 Å². The van der Waals surface area contributed by atoms with Crippen LogP contribution < -0.4 is 10.6 Å². The third-order valence-corrected chi connectivity index (χ3v) is 4.71. The van der Waals surface area contributed by atoms with Gasteiger partial charge in [0.15, 0.2) is 5.11 Å². The molecule has 146 valence electrons. The topological polar surface area (TPSA) is 84.3 Å². The minimum Gasteiger partial charge on any atom is -0.332 e.